The SMILES string of the molecule is O=C(Oc1ccc(Cl)cc1Br)c1ccc(F)cc1Br. The molecule has 0 aliphatic rings. The normalized spacial score (nSPS) is 10.3. The van der Waals surface area contributed by atoms with Crippen LogP contribution in [0.4, 0.5) is 4.39 Å². The number of rotatable bonds is 2. The van der Waals surface area contributed by atoms with Gasteiger partial charge < -0.3 is 4.74 Å². The van der Waals surface area contributed by atoms with Gasteiger partial charge >= 0.3 is 5.97 Å². The number of esters is 1. The molecule has 0 unspecified atom stereocenters. The van der Waals surface area contributed by atoms with Crippen LogP contribution >= 0.6 is 43.5 Å². The second-order valence-electron chi connectivity index (χ2n) is 3.59. The van der Waals surface area contributed by atoms with Gasteiger partial charge in [0.05, 0.1) is 10.0 Å². The van der Waals surface area contributed by atoms with Crippen molar-refractivity contribution in [2.24, 2.45) is 0 Å². The van der Waals surface area contributed by atoms with Gasteiger partial charge in [0, 0.05) is 9.50 Å². The third-order valence-electron chi connectivity index (χ3n) is 2.25. The lowest BCUT2D eigenvalue weighted by Crippen LogP contribution is -2.09. The highest BCUT2D eigenvalue weighted by molar-refractivity contribution is 9.10. The lowest BCUT2D eigenvalue weighted by molar-refractivity contribution is 0.0732. The van der Waals surface area contributed by atoms with E-state index < -0.39 is 11.8 Å². The number of benzene rings is 2. The predicted molar refractivity (Wildman–Crippen MR) is 78.2 cm³/mol. The molecule has 0 saturated heterocycles. The van der Waals surface area contributed by atoms with Gasteiger partial charge in [-0.05, 0) is 68.3 Å². The van der Waals surface area contributed by atoms with Crippen molar-refractivity contribution in [2.45, 2.75) is 0 Å². The summed E-state index contributed by atoms with van der Waals surface area (Å²) in [6.07, 6.45) is 0. The van der Waals surface area contributed by atoms with Crippen molar-refractivity contribution in [2.75, 3.05) is 0 Å². The first-order valence-electron chi connectivity index (χ1n) is 5.09. The average Bonchev–Trinajstić information content (AvgIpc) is 2.32. The van der Waals surface area contributed by atoms with Crippen molar-refractivity contribution >= 4 is 49.4 Å². The highest BCUT2D eigenvalue weighted by atomic mass is 79.9. The molecule has 0 spiro atoms. The summed E-state index contributed by atoms with van der Waals surface area (Å²) in [5.41, 5.74) is 0.239. The molecule has 0 saturated carbocycles. The van der Waals surface area contributed by atoms with Crippen molar-refractivity contribution < 1.29 is 13.9 Å². The summed E-state index contributed by atoms with van der Waals surface area (Å²) < 4.78 is 19.0. The van der Waals surface area contributed by atoms with Crippen molar-refractivity contribution in [3.63, 3.8) is 0 Å². The molecule has 0 bridgehead atoms. The maximum atomic E-state index is 12.9. The topological polar surface area (TPSA) is 26.3 Å². The molecular weight excluding hydrogens is 402 g/mol. The average molecular weight is 408 g/mol. The Morgan fingerprint density at radius 3 is 2.47 bits per heavy atom. The van der Waals surface area contributed by atoms with Crippen LogP contribution in [0.25, 0.3) is 0 Å². The fourth-order valence-corrected chi connectivity index (χ4v) is 2.64. The highest BCUT2D eigenvalue weighted by Gasteiger charge is 2.14. The molecule has 2 nitrogen and oxygen atoms in total. The molecule has 98 valence electrons. The van der Waals surface area contributed by atoms with Crippen LogP contribution in [0.3, 0.4) is 0 Å². The third-order valence-corrected chi connectivity index (χ3v) is 3.76. The lowest BCUT2D eigenvalue weighted by atomic mass is 10.2. The smallest absolute Gasteiger partial charge is 0.344 e. The molecular formula is C13H6Br2ClFO2. The van der Waals surface area contributed by atoms with Crippen LogP contribution in [-0.4, -0.2) is 5.97 Å². The van der Waals surface area contributed by atoms with Gasteiger partial charge in [0.2, 0.25) is 0 Å². The van der Waals surface area contributed by atoms with Crippen LogP contribution in [0.2, 0.25) is 5.02 Å². The molecule has 0 fully saturated rings. The van der Waals surface area contributed by atoms with E-state index in [-0.39, 0.29) is 5.56 Å². The van der Waals surface area contributed by atoms with Gasteiger partial charge in [-0.1, -0.05) is 11.6 Å². The number of hydrogen-bond acceptors (Lipinski definition) is 2. The minimum absolute atomic E-state index is 0.239. The zero-order chi connectivity index (χ0) is 14.0. The molecule has 0 heterocycles. The Morgan fingerprint density at radius 2 is 1.84 bits per heavy atom. The number of carbonyl (C=O) groups is 1. The number of halogens is 4. The molecule has 2 aromatic rings. The van der Waals surface area contributed by atoms with E-state index >= 15 is 0 Å². The standard InChI is InChI=1S/C13H6Br2ClFO2/c14-10-6-8(17)2-3-9(10)13(18)19-12-4-1-7(16)5-11(12)15/h1-6H. The van der Waals surface area contributed by atoms with Gasteiger partial charge in [-0.25, -0.2) is 9.18 Å². The maximum absolute atomic E-state index is 12.9. The van der Waals surface area contributed by atoms with Crippen LogP contribution in [0.1, 0.15) is 10.4 Å². The Kier molecular flexibility index (Phi) is 4.60. The van der Waals surface area contributed by atoms with Gasteiger partial charge in [0.1, 0.15) is 11.6 Å². The van der Waals surface area contributed by atoms with Crippen molar-refractivity contribution in [3.8, 4) is 5.75 Å². The van der Waals surface area contributed by atoms with Gasteiger partial charge in [-0.2, -0.15) is 0 Å². The monoisotopic (exact) mass is 406 g/mol. The first-order valence-corrected chi connectivity index (χ1v) is 7.06. The predicted octanol–water partition coefficient (Wildman–Crippen LogP) is 5.22. The summed E-state index contributed by atoms with van der Waals surface area (Å²) in [5, 5.41) is 0.523. The van der Waals surface area contributed by atoms with Gasteiger partial charge in [-0.15, -0.1) is 0 Å². The molecule has 6 heteroatoms. The zero-order valence-electron chi connectivity index (χ0n) is 9.29. The molecule has 2 aromatic carbocycles. The second-order valence-corrected chi connectivity index (χ2v) is 5.73. The summed E-state index contributed by atoms with van der Waals surface area (Å²) in [4.78, 5) is 12.0. The van der Waals surface area contributed by atoms with E-state index in [4.69, 9.17) is 16.3 Å². The molecule has 19 heavy (non-hydrogen) atoms. The van der Waals surface area contributed by atoms with E-state index in [1.54, 1.807) is 18.2 Å². The number of carbonyl (C=O) groups excluding carboxylic acids is 1. The van der Waals surface area contributed by atoms with Gasteiger partial charge in [-0.3, -0.25) is 0 Å². The van der Waals surface area contributed by atoms with E-state index in [1.165, 1.54) is 18.2 Å². The maximum Gasteiger partial charge on any atom is 0.344 e. The van der Waals surface area contributed by atoms with E-state index in [2.05, 4.69) is 31.9 Å². The second kappa shape index (κ2) is 6.03. The van der Waals surface area contributed by atoms with Crippen LogP contribution in [0.5, 0.6) is 5.75 Å². The largest absolute Gasteiger partial charge is 0.422 e. The van der Waals surface area contributed by atoms with Crippen LogP contribution in [-0.2, 0) is 0 Å². The van der Waals surface area contributed by atoms with Crippen molar-refractivity contribution in [3.05, 3.63) is 61.7 Å². The Morgan fingerprint density at radius 1 is 1.11 bits per heavy atom. The molecule has 0 aromatic heterocycles. The summed E-state index contributed by atoms with van der Waals surface area (Å²) in [6.45, 7) is 0. The Hall–Kier alpha value is -0.910. The van der Waals surface area contributed by atoms with E-state index in [0.717, 1.165) is 0 Å². The Bertz CT molecular complexity index is 647. The van der Waals surface area contributed by atoms with Gasteiger partial charge in [0.15, 0.2) is 0 Å². The summed E-state index contributed by atoms with van der Waals surface area (Å²) in [5.74, 6) is -0.684. The van der Waals surface area contributed by atoms with E-state index in [1.807, 2.05) is 0 Å². The van der Waals surface area contributed by atoms with Crippen LogP contribution < -0.4 is 4.74 Å². The minimum atomic E-state index is -0.588. The molecule has 0 aliphatic heterocycles. The molecule has 2 rings (SSSR count). The minimum Gasteiger partial charge on any atom is -0.422 e. The van der Waals surface area contributed by atoms with Gasteiger partial charge in [0.25, 0.3) is 0 Å². The third kappa shape index (κ3) is 3.55. The molecule has 0 atom stereocenters. The summed E-state index contributed by atoms with van der Waals surface area (Å²) >= 11 is 12.2. The Balaban J connectivity index is 2.25. The van der Waals surface area contributed by atoms with Crippen LogP contribution in [0.15, 0.2) is 45.3 Å². The summed E-state index contributed by atoms with van der Waals surface area (Å²) in [6, 6.07) is 8.54. The Labute approximate surface area is 130 Å². The molecule has 0 aliphatic carbocycles. The fourth-order valence-electron chi connectivity index (χ4n) is 1.37. The zero-order valence-corrected chi connectivity index (χ0v) is 13.2. The quantitative estimate of drug-likeness (QED) is 0.503. The molecule has 0 radical (unpaired) electrons. The van der Waals surface area contributed by atoms with E-state index in [9.17, 15) is 9.18 Å². The van der Waals surface area contributed by atoms with Crippen molar-refractivity contribution in [1.29, 1.82) is 0 Å². The number of ether oxygens (including phenoxy) is 1. The highest BCUT2D eigenvalue weighted by Crippen LogP contribution is 2.29. The van der Waals surface area contributed by atoms with E-state index in [0.29, 0.717) is 19.7 Å². The number of hydrogen-bond donors (Lipinski definition) is 0. The molecule has 0 amide bonds. The molecule has 0 N–H and O–H groups in total. The van der Waals surface area contributed by atoms with Crippen LogP contribution in [0, 0.1) is 5.82 Å². The lowest BCUT2D eigenvalue weighted by Gasteiger charge is -2.08. The first kappa shape index (κ1) is 14.5. The van der Waals surface area contributed by atoms with Crippen molar-refractivity contribution in [1.82, 2.24) is 0 Å². The summed E-state index contributed by atoms with van der Waals surface area (Å²) in [7, 11) is 0. The first-order chi connectivity index (χ1) is 8.97. The fraction of sp³-hybridized carbons (Fsp3) is 0.